The molecular formula is C13H14FNO4S. The maximum absolute atomic E-state index is 13.9. The second-order valence-electron chi connectivity index (χ2n) is 4.87. The number of Topliss-reactive ketones (excluding diaryl/α,β-unsaturated/α-hetero) is 1. The molecule has 2 rings (SSSR count). The zero-order chi connectivity index (χ0) is 15.1. The Labute approximate surface area is 116 Å². The minimum absolute atomic E-state index is 0.208. The molecule has 0 aromatic heterocycles. The number of carbonyl (C=O) groups is 2. The lowest BCUT2D eigenvalue weighted by atomic mass is 9.97. The maximum Gasteiger partial charge on any atom is 0.224 e. The molecule has 1 amide bonds. The van der Waals surface area contributed by atoms with E-state index < -0.39 is 26.7 Å². The van der Waals surface area contributed by atoms with E-state index in [0.29, 0.717) is 17.7 Å². The highest BCUT2D eigenvalue weighted by Gasteiger charge is 2.28. The topological polar surface area (TPSA) is 80.3 Å². The lowest BCUT2D eigenvalue weighted by Crippen LogP contribution is -2.28. The van der Waals surface area contributed by atoms with Crippen molar-refractivity contribution in [3.63, 3.8) is 0 Å². The van der Waals surface area contributed by atoms with Crippen molar-refractivity contribution in [3.05, 3.63) is 29.1 Å². The highest BCUT2D eigenvalue weighted by molar-refractivity contribution is 7.92. The molecule has 1 atom stereocenters. The van der Waals surface area contributed by atoms with Crippen molar-refractivity contribution in [1.82, 2.24) is 0 Å². The number of nitrogens with one attached hydrogen (secondary N) is 1. The molecule has 0 bridgehead atoms. The summed E-state index contributed by atoms with van der Waals surface area (Å²) in [4.78, 5) is 23.3. The highest BCUT2D eigenvalue weighted by atomic mass is 32.2. The van der Waals surface area contributed by atoms with Gasteiger partial charge in [-0.15, -0.1) is 0 Å². The van der Waals surface area contributed by atoms with Crippen LogP contribution < -0.4 is 5.32 Å². The number of benzene rings is 1. The normalized spacial score (nSPS) is 16.2. The van der Waals surface area contributed by atoms with Gasteiger partial charge in [-0.25, -0.2) is 12.8 Å². The monoisotopic (exact) mass is 299 g/mol. The van der Waals surface area contributed by atoms with Gasteiger partial charge in [0, 0.05) is 18.4 Å². The third kappa shape index (κ3) is 2.72. The molecule has 1 heterocycles. The summed E-state index contributed by atoms with van der Waals surface area (Å²) in [6, 6.07) is 2.39. The van der Waals surface area contributed by atoms with E-state index in [1.807, 2.05) is 0 Å². The number of sulfone groups is 1. The van der Waals surface area contributed by atoms with Crippen molar-refractivity contribution < 1.29 is 22.4 Å². The van der Waals surface area contributed by atoms with Crippen LogP contribution in [0.3, 0.4) is 0 Å². The molecule has 1 aromatic rings. The van der Waals surface area contributed by atoms with Crippen LogP contribution in [0.2, 0.25) is 0 Å². The van der Waals surface area contributed by atoms with Gasteiger partial charge in [-0.05, 0) is 31.0 Å². The van der Waals surface area contributed by atoms with Gasteiger partial charge in [0.15, 0.2) is 15.6 Å². The summed E-state index contributed by atoms with van der Waals surface area (Å²) >= 11 is 0. The fourth-order valence-corrected chi connectivity index (χ4v) is 2.52. The second kappa shape index (κ2) is 4.97. The lowest BCUT2D eigenvalue weighted by molar-refractivity contribution is -0.116. The summed E-state index contributed by atoms with van der Waals surface area (Å²) in [5.74, 6) is -1.81. The molecule has 20 heavy (non-hydrogen) atoms. The molecule has 7 heteroatoms. The largest absolute Gasteiger partial charge is 0.326 e. The van der Waals surface area contributed by atoms with E-state index in [4.69, 9.17) is 0 Å². The van der Waals surface area contributed by atoms with Gasteiger partial charge in [0.1, 0.15) is 11.1 Å². The summed E-state index contributed by atoms with van der Waals surface area (Å²) in [5, 5.41) is 1.22. The van der Waals surface area contributed by atoms with Crippen LogP contribution in [-0.4, -0.2) is 31.6 Å². The van der Waals surface area contributed by atoms with E-state index >= 15 is 0 Å². The third-order valence-electron chi connectivity index (χ3n) is 3.37. The van der Waals surface area contributed by atoms with E-state index in [9.17, 15) is 22.4 Å². The van der Waals surface area contributed by atoms with Crippen LogP contribution in [0.4, 0.5) is 10.1 Å². The number of amides is 1. The van der Waals surface area contributed by atoms with Crippen molar-refractivity contribution >= 4 is 27.2 Å². The second-order valence-corrected chi connectivity index (χ2v) is 7.24. The minimum Gasteiger partial charge on any atom is -0.326 e. The Kier molecular flexibility index (Phi) is 3.64. The molecule has 1 unspecified atom stereocenters. The molecule has 1 aliphatic rings. The van der Waals surface area contributed by atoms with Gasteiger partial charge in [-0.3, -0.25) is 9.59 Å². The predicted molar refractivity (Wildman–Crippen MR) is 72.0 cm³/mol. The van der Waals surface area contributed by atoms with Crippen LogP contribution in [0.1, 0.15) is 29.3 Å². The molecule has 0 saturated heterocycles. The molecule has 0 aliphatic carbocycles. The molecule has 0 saturated carbocycles. The SMILES string of the molecule is CC(C(=O)c1cc2c(cc1F)NC(=O)CC2)S(C)(=O)=O. The molecule has 0 fully saturated rings. The summed E-state index contributed by atoms with van der Waals surface area (Å²) in [6.07, 6.45) is 1.59. The van der Waals surface area contributed by atoms with Crippen LogP contribution in [0.15, 0.2) is 12.1 Å². The standard InChI is InChI=1S/C13H14FNO4S/c1-7(20(2,18)19)13(17)9-5-8-3-4-12(16)15-11(8)6-10(9)14/h5-7H,3-4H2,1-2H3,(H,15,16). The van der Waals surface area contributed by atoms with Crippen LogP contribution in [-0.2, 0) is 21.1 Å². The Bertz CT molecular complexity index is 697. The van der Waals surface area contributed by atoms with Crippen LogP contribution in [0.25, 0.3) is 0 Å². The Hall–Kier alpha value is -1.76. The van der Waals surface area contributed by atoms with Crippen molar-refractivity contribution in [2.45, 2.75) is 25.0 Å². The first kappa shape index (κ1) is 14.6. The first-order valence-corrected chi connectivity index (χ1v) is 8.01. The number of halogens is 1. The van der Waals surface area contributed by atoms with Crippen LogP contribution in [0.5, 0.6) is 0 Å². The fourth-order valence-electron chi connectivity index (χ4n) is 2.00. The highest BCUT2D eigenvalue weighted by Crippen LogP contribution is 2.27. The Morgan fingerprint density at radius 1 is 1.35 bits per heavy atom. The number of ketones is 1. The van der Waals surface area contributed by atoms with E-state index in [2.05, 4.69) is 5.32 Å². The van der Waals surface area contributed by atoms with E-state index in [1.165, 1.54) is 13.0 Å². The predicted octanol–water partition coefficient (Wildman–Crippen LogP) is 1.33. The molecule has 1 N–H and O–H groups in total. The first-order valence-electron chi connectivity index (χ1n) is 6.05. The Morgan fingerprint density at radius 3 is 2.60 bits per heavy atom. The Morgan fingerprint density at radius 2 is 2.00 bits per heavy atom. The van der Waals surface area contributed by atoms with E-state index in [0.717, 1.165) is 12.3 Å². The molecular weight excluding hydrogens is 285 g/mol. The Balaban J connectivity index is 2.44. The number of anilines is 1. The molecule has 0 radical (unpaired) electrons. The lowest BCUT2D eigenvalue weighted by Gasteiger charge is -2.18. The van der Waals surface area contributed by atoms with Gasteiger partial charge in [0.25, 0.3) is 0 Å². The number of hydrogen-bond donors (Lipinski definition) is 1. The summed E-state index contributed by atoms with van der Waals surface area (Å²) < 4.78 is 36.7. The molecule has 0 spiro atoms. The zero-order valence-corrected chi connectivity index (χ0v) is 11.9. The quantitative estimate of drug-likeness (QED) is 0.854. The zero-order valence-electron chi connectivity index (χ0n) is 11.1. The van der Waals surface area contributed by atoms with Crippen molar-refractivity contribution in [3.8, 4) is 0 Å². The number of rotatable bonds is 3. The first-order chi connectivity index (χ1) is 9.20. The van der Waals surface area contributed by atoms with Gasteiger partial charge >= 0.3 is 0 Å². The number of carbonyl (C=O) groups excluding carboxylic acids is 2. The van der Waals surface area contributed by atoms with Gasteiger partial charge < -0.3 is 5.32 Å². The molecule has 1 aliphatic heterocycles. The number of hydrogen-bond acceptors (Lipinski definition) is 4. The van der Waals surface area contributed by atoms with E-state index in [1.54, 1.807) is 0 Å². The molecule has 1 aromatic carbocycles. The third-order valence-corrected chi connectivity index (χ3v) is 4.86. The van der Waals surface area contributed by atoms with Gasteiger partial charge in [0.2, 0.25) is 5.91 Å². The fraction of sp³-hybridized carbons (Fsp3) is 0.385. The van der Waals surface area contributed by atoms with Crippen molar-refractivity contribution in [2.24, 2.45) is 0 Å². The minimum atomic E-state index is -3.58. The average molecular weight is 299 g/mol. The summed E-state index contributed by atoms with van der Waals surface area (Å²) in [7, 11) is -3.58. The van der Waals surface area contributed by atoms with E-state index in [-0.39, 0.29) is 17.9 Å². The maximum atomic E-state index is 13.9. The summed E-state index contributed by atoms with van der Waals surface area (Å²) in [6.45, 7) is 1.23. The summed E-state index contributed by atoms with van der Waals surface area (Å²) in [5.41, 5.74) is 0.718. The smallest absolute Gasteiger partial charge is 0.224 e. The van der Waals surface area contributed by atoms with Gasteiger partial charge in [-0.1, -0.05) is 0 Å². The van der Waals surface area contributed by atoms with Gasteiger partial charge in [0.05, 0.1) is 5.56 Å². The molecule has 5 nitrogen and oxygen atoms in total. The number of aryl methyl sites for hydroxylation is 1. The molecule has 108 valence electrons. The number of fused-ring (bicyclic) bond motifs is 1. The van der Waals surface area contributed by atoms with Crippen molar-refractivity contribution in [1.29, 1.82) is 0 Å². The van der Waals surface area contributed by atoms with Gasteiger partial charge in [-0.2, -0.15) is 0 Å². The van der Waals surface area contributed by atoms with Crippen molar-refractivity contribution in [2.75, 3.05) is 11.6 Å². The average Bonchev–Trinajstić information content (AvgIpc) is 2.35. The van der Waals surface area contributed by atoms with Crippen LogP contribution in [0, 0.1) is 5.82 Å². The van der Waals surface area contributed by atoms with Crippen LogP contribution >= 0.6 is 0 Å².